The molecular formula is C10H10BrN5O2. The predicted molar refractivity (Wildman–Crippen MR) is 67.8 cm³/mol. The van der Waals surface area contributed by atoms with E-state index < -0.39 is 6.09 Å². The molecule has 0 bridgehead atoms. The molecule has 7 nitrogen and oxygen atoms in total. The summed E-state index contributed by atoms with van der Waals surface area (Å²) in [5.74, 6) is 0.169. The Labute approximate surface area is 111 Å². The fourth-order valence-corrected chi connectivity index (χ4v) is 1.78. The zero-order valence-corrected chi connectivity index (χ0v) is 11.1. The maximum Gasteiger partial charge on any atom is 0.436 e. The summed E-state index contributed by atoms with van der Waals surface area (Å²) in [5.41, 5.74) is 6.80. The van der Waals surface area contributed by atoms with Crippen LogP contribution < -0.4 is 5.73 Å². The summed E-state index contributed by atoms with van der Waals surface area (Å²) in [4.78, 5) is 19.5. The maximum atomic E-state index is 11.6. The van der Waals surface area contributed by atoms with Gasteiger partial charge in [-0.15, -0.1) is 4.68 Å². The quantitative estimate of drug-likeness (QED) is 0.906. The highest BCUT2D eigenvalue weighted by atomic mass is 79.9. The minimum Gasteiger partial charge on any atom is -0.448 e. The minimum absolute atomic E-state index is 0.169. The van der Waals surface area contributed by atoms with Crippen LogP contribution in [0.3, 0.4) is 0 Å². The molecule has 0 saturated carbocycles. The van der Waals surface area contributed by atoms with Crippen molar-refractivity contribution in [2.24, 2.45) is 0 Å². The number of ether oxygens (including phenoxy) is 1. The van der Waals surface area contributed by atoms with Gasteiger partial charge in [0.05, 0.1) is 16.8 Å². The first kappa shape index (κ1) is 12.5. The van der Waals surface area contributed by atoms with E-state index in [1.54, 1.807) is 19.2 Å². The third-order valence-electron chi connectivity index (χ3n) is 2.13. The van der Waals surface area contributed by atoms with Crippen LogP contribution in [-0.2, 0) is 4.74 Å². The Hall–Kier alpha value is -1.96. The van der Waals surface area contributed by atoms with Gasteiger partial charge in [0.25, 0.3) is 0 Å². The van der Waals surface area contributed by atoms with E-state index in [2.05, 4.69) is 31.0 Å². The average molecular weight is 312 g/mol. The van der Waals surface area contributed by atoms with E-state index in [1.807, 2.05) is 0 Å². The van der Waals surface area contributed by atoms with Gasteiger partial charge in [-0.1, -0.05) is 0 Å². The molecular weight excluding hydrogens is 302 g/mol. The monoisotopic (exact) mass is 311 g/mol. The second-order valence-corrected chi connectivity index (χ2v) is 4.05. The highest BCUT2D eigenvalue weighted by molar-refractivity contribution is 9.10. The molecule has 0 aromatic carbocycles. The Balaban J connectivity index is 2.46. The van der Waals surface area contributed by atoms with Crippen LogP contribution in [0.15, 0.2) is 23.1 Å². The van der Waals surface area contributed by atoms with E-state index in [0.717, 1.165) is 4.68 Å². The van der Waals surface area contributed by atoms with Crippen molar-refractivity contribution in [3.8, 4) is 11.4 Å². The molecule has 0 spiro atoms. The largest absolute Gasteiger partial charge is 0.448 e. The van der Waals surface area contributed by atoms with E-state index in [-0.39, 0.29) is 12.4 Å². The topological polar surface area (TPSA) is 95.9 Å². The number of hydrogen-bond donors (Lipinski definition) is 1. The molecule has 18 heavy (non-hydrogen) atoms. The Morgan fingerprint density at radius 2 is 2.39 bits per heavy atom. The number of hydrogen-bond acceptors (Lipinski definition) is 6. The van der Waals surface area contributed by atoms with Crippen LogP contribution in [0.2, 0.25) is 0 Å². The summed E-state index contributed by atoms with van der Waals surface area (Å²) in [6.07, 6.45) is 2.34. The SMILES string of the molecule is CCOC(=O)n1nc(-c2ccncn2)c(Br)c1N. The maximum absolute atomic E-state index is 11.6. The van der Waals surface area contributed by atoms with Gasteiger partial charge in [0, 0.05) is 6.20 Å². The van der Waals surface area contributed by atoms with Crippen molar-refractivity contribution in [1.29, 1.82) is 0 Å². The molecule has 0 fully saturated rings. The van der Waals surface area contributed by atoms with Gasteiger partial charge in [-0.2, -0.15) is 5.10 Å². The van der Waals surface area contributed by atoms with Gasteiger partial charge >= 0.3 is 6.09 Å². The molecule has 0 unspecified atom stereocenters. The highest BCUT2D eigenvalue weighted by Gasteiger charge is 2.20. The molecule has 2 rings (SSSR count). The molecule has 0 amide bonds. The van der Waals surface area contributed by atoms with Crippen LogP contribution >= 0.6 is 15.9 Å². The van der Waals surface area contributed by atoms with Gasteiger partial charge in [0.15, 0.2) is 0 Å². The predicted octanol–water partition coefficient (Wildman–Crippen LogP) is 1.69. The van der Waals surface area contributed by atoms with Crippen LogP contribution in [0.1, 0.15) is 6.92 Å². The number of nitrogens with two attached hydrogens (primary N) is 1. The molecule has 0 saturated heterocycles. The lowest BCUT2D eigenvalue weighted by atomic mass is 10.3. The fraction of sp³-hybridized carbons (Fsp3) is 0.200. The highest BCUT2D eigenvalue weighted by Crippen LogP contribution is 2.30. The molecule has 2 aromatic heterocycles. The van der Waals surface area contributed by atoms with E-state index >= 15 is 0 Å². The third kappa shape index (κ3) is 2.19. The summed E-state index contributed by atoms with van der Waals surface area (Å²) < 4.78 is 6.33. The van der Waals surface area contributed by atoms with Crippen molar-refractivity contribution in [1.82, 2.24) is 19.7 Å². The number of carbonyl (C=O) groups excluding carboxylic acids is 1. The van der Waals surface area contributed by atoms with E-state index in [9.17, 15) is 4.79 Å². The summed E-state index contributed by atoms with van der Waals surface area (Å²) in [5, 5.41) is 4.08. The lowest BCUT2D eigenvalue weighted by Gasteiger charge is -2.01. The lowest BCUT2D eigenvalue weighted by molar-refractivity contribution is 0.151. The molecule has 8 heteroatoms. The van der Waals surface area contributed by atoms with Gasteiger partial charge in [0.2, 0.25) is 0 Å². The molecule has 94 valence electrons. The summed E-state index contributed by atoms with van der Waals surface area (Å²) in [7, 11) is 0. The molecule has 2 aromatic rings. The second kappa shape index (κ2) is 5.13. The number of carbonyl (C=O) groups is 1. The van der Waals surface area contributed by atoms with Crippen LogP contribution in [0.4, 0.5) is 10.6 Å². The molecule has 0 atom stereocenters. The standard InChI is InChI=1S/C10H10BrN5O2/c1-2-18-10(17)16-9(12)7(11)8(15-16)6-3-4-13-5-14-6/h3-5H,2,12H2,1H3. The first-order chi connectivity index (χ1) is 8.65. The Bertz CT molecular complexity index is 569. The normalized spacial score (nSPS) is 10.3. The zero-order valence-electron chi connectivity index (χ0n) is 9.50. The van der Waals surface area contributed by atoms with Crippen LogP contribution in [0.5, 0.6) is 0 Å². The van der Waals surface area contributed by atoms with Gasteiger partial charge < -0.3 is 10.5 Å². The third-order valence-corrected chi connectivity index (χ3v) is 2.91. The Morgan fingerprint density at radius 3 is 3.00 bits per heavy atom. The van der Waals surface area contributed by atoms with Crippen LogP contribution in [0.25, 0.3) is 11.4 Å². The molecule has 2 N–H and O–H groups in total. The number of halogens is 1. The van der Waals surface area contributed by atoms with E-state index in [1.165, 1.54) is 6.33 Å². The lowest BCUT2D eigenvalue weighted by Crippen LogP contribution is -2.17. The van der Waals surface area contributed by atoms with Gasteiger partial charge in [-0.3, -0.25) is 0 Å². The van der Waals surface area contributed by atoms with Crippen molar-refractivity contribution in [2.75, 3.05) is 12.3 Å². The molecule has 0 radical (unpaired) electrons. The molecule has 0 aliphatic rings. The van der Waals surface area contributed by atoms with Crippen molar-refractivity contribution < 1.29 is 9.53 Å². The molecule has 0 aliphatic carbocycles. The Morgan fingerprint density at radius 1 is 1.61 bits per heavy atom. The van der Waals surface area contributed by atoms with Crippen LogP contribution in [0, 0.1) is 0 Å². The second-order valence-electron chi connectivity index (χ2n) is 3.25. The smallest absolute Gasteiger partial charge is 0.436 e. The van der Waals surface area contributed by atoms with Crippen LogP contribution in [-0.4, -0.2) is 32.4 Å². The summed E-state index contributed by atoms with van der Waals surface area (Å²) >= 11 is 3.28. The van der Waals surface area contributed by atoms with E-state index in [0.29, 0.717) is 15.9 Å². The van der Waals surface area contributed by atoms with Gasteiger partial charge in [-0.05, 0) is 28.9 Å². The molecule has 0 aliphatic heterocycles. The van der Waals surface area contributed by atoms with Gasteiger partial charge in [-0.25, -0.2) is 14.8 Å². The van der Waals surface area contributed by atoms with Crippen molar-refractivity contribution in [2.45, 2.75) is 6.92 Å². The fourth-order valence-electron chi connectivity index (χ4n) is 1.33. The number of rotatable bonds is 2. The van der Waals surface area contributed by atoms with Crippen molar-refractivity contribution in [3.05, 3.63) is 23.1 Å². The van der Waals surface area contributed by atoms with Crippen molar-refractivity contribution >= 4 is 27.8 Å². The van der Waals surface area contributed by atoms with E-state index in [4.69, 9.17) is 10.5 Å². The Kier molecular flexibility index (Phi) is 3.56. The number of nitrogen functional groups attached to an aromatic ring is 1. The zero-order chi connectivity index (χ0) is 13.1. The first-order valence-corrected chi connectivity index (χ1v) is 5.92. The minimum atomic E-state index is -0.629. The number of anilines is 1. The number of nitrogens with zero attached hydrogens (tertiary/aromatic N) is 4. The van der Waals surface area contributed by atoms with Gasteiger partial charge in [0.1, 0.15) is 17.8 Å². The first-order valence-electron chi connectivity index (χ1n) is 5.12. The summed E-state index contributed by atoms with van der Waals surface area (Å²) in [6, 6.07) is 1.67. The summed E-state index contributed by atoms with van der Waals surface area (Å²) in [6.45, 7) is 1.95. The van der Waals surface area contributed by atoms with Crippen molar-refractivity contribution in [3.63, 3.8) is 0 Å². The molecule has 2 heterocycles. The average Bonchev–Trinajstić information content (AvgIpc) is 2.68. The number of aromatic nitrogens is 4.